The van der Waals surface area contributed by atoms with Gasteiger partial charge in [-0.15, -0.1) is 0 Å². The molecule has 4 rings (SSSR count). The third kappa shape index (κ3) is 3.67. The molecule has 0 N–H and O–H groups in total. The molecule has 0 unspecified atom stereocenters. The van der Waals surface area contributed by atoms with Crippen LogP contribution in [0.5, 0.6) is 0 Å². The van der Waals surface area contributed by atoms with Crippen molar-refractivity contribution >= 4 is 50.7 Å². The van der Waals surface area contributed by atoms with Gasteiger partial charge < -0.3 is 0 Å². The zero-order valence-corrected chi connectivity index (χ0v) is 18.5. The summed E-state index contributed by atoms with van der Waals surface area (Å²) in [5, 5.41) is 4.89. The Morgan fingerprint density at radius 3 is 1.43 bits per heavy atom. The van der Waals surface area contributed by atoms with Gasteiger partial charge in [-0.2, -0.15) is 0 Å². The molecule has 0 aliphatic rings. The van der Waals surface area contributed by atoms with Crippen molar-refractivity contribution in [2.75, 3.05) is 0 Å². The smallest absolute Gasteiger partial charge is 0.0827 e. The Bertz CT molecular complexity index is 953. The molecule has 3 heteroatoms. The van der Waals surface area contributed by atoms with Crippen LogP contribution in [0.4, 0.5) is 0 Å². The average Bonchev–Trinajstić information content (AvgIpc) is 2.77. The molecule has 0 nitrogen and oxygen atoms in total. The van der Waals surface area contributed by atoms with Gasteiger partial charge in [-0.3, -0.25) is 0 Å². The SMILES string of the molecule is Clc1c(Br)cccc1C[P+](c1ccccc1)(c1ccccc1)c1ccccc1. The molecular weight excluding hydrogens is 447 g/mol. The van der Waals surface area contributed by atoms with E-state index in [0.717, 1.165) is 15.7 Å². The summed E-state index contributed by atoms with van der Waals surface area (Å²) in [5.41, 5.74) is 1.17. The maximum atomic E-state index is 6.73. The second-order valence-corrected chi connectivity index (χ2v) is 11.4. The van der Waals surface area contributed by atoms with Crippen LogP contribution in [0, 0.1) is 0 Å². The van der Waals surface area contributed by atoms with Gasteiger partial charge in [-0.05, 0) is 58.4 Å². The van der Waals surface area contributed by atoms with Gasteiger partial charge in [0.25, 0.3) is 0 Å². The molecule has 0 amide bonds. The highest BCUT2D eigenvalue weighted by Gasteiger charge is 2.45. The Labute approximate surface area is 180 Å². The molecule has 4 aromatic carbocycles. The highest BCUT2D eigenvalue weighted by atomic mass is 79.9. The predicted molar refractivity (Wildman–Crippen MR) is 128 cm³/mol. The molecule has 0 spiro atoms. The Morgan fingerprint density at radius 2 is 1.00 bits per heavy atom. The van der Waals surface area contributed by atoms with Crippen molar-refractivity contribution in [2.45, 2.75) is 6.16 Å². The minimum absolute atomic E-state index is 0.801. The van der Waals surface area contributed by atoms with Crippen LogP contribution < -0.4 is 15.9 Å². The van der Waals surface area contributed by atoms with Crippen LogP contribution in [0.2, 0.25) is 5.02 Å². The number of hydrogen-bond acceptors (Lipinski definition) is 0. The molecule has 0 aliphatic carbocycles. The molecule has 0 aliphatic heterocycles. The van der Waals surface area contributed by atoms with E-state index in [2.05, 4.69) is 119 Å². The summed E-state index contributed by atoms with van der Waals surface area (Å²) < 4.78 is 0.943. The first-order chi connectivity index (χ1) is 13.7. The lowest BCUT2D eigenvalue weighted by molar-refractivity contribution is 1.38. The first-order valence-corrected chi connectivity index (χ1v) is 12.3. The minimum atomic E-state index is -1.93. The van der Waals surface area contributed by atoms with E-state index in [0.29, 0.717) is 0 Å². The zero-order valence-electron chi connectivity index (χ0n) is 15.3. The second kappa shape index (κ2) is 8.62. The lowest BCUT2D eigenvalue weighted by Crippen LogP contribution is -2.32. The van der Waals surface area contributed by atoms with Crippen molar-refractivity contribution in [1.82, 2.24) is 0 Å². The monoisotopic (exact) mass is 465 g/mol. The highest BCUT2D eigenvalue weighted by molar-refractivity contribution is 9.10. The summed E-state index contributed by atoms with van der Waals surface area (Å²) >= 11 is 10.3. The van der Waals surface area contributed by atoms with Gasteiger partial charge in [0.15, 0.2) is 0 Å². The molecule has 0 fully saturated rings. The maximum absolute atomic E-state index is 6.73. The number of hydrogen-bond donors (Lipinski definition) is 0. The summed E-state index contributed by atoms with van der Waals surface area (Å²) in [6.45, 7) is 0. The van der Waals surface area contributed by atoms with Crippen molar-refractivity contribution in [3.8, 4) is 0 Å². The van der Waals surface area contributed by atoms with Crippen LogP contribution in [0.15, 0.2) is 114 Å². The molecule has 0 atom stereocenters. The van der Waals surface area contributed by atoms with Gasteiger partial charge >= 0.3 is 0 Å². The van der Waals surface area contributed by atoms with E-state index in [-0.39, 0.29) is 0 Å². The first-order valence-electron chi connectivity index (χ1n) is 9.19. The van der Waals surface area contributed by atoms with E-state index < -0.39 is 7.26 Å². The van der Waals surface area contributed by atoms with Crippen molar-refractivity contribution < 1.29 is 0 Å². The van der Waals surface area contributed by atoms with Crippen molar-refractivity contribution in [3.05, 3.63) is 124 Å². The molecule has 28 heavy (non-hydrogen) atoms. The summed E-state index contributed by atoms with van der Waals surface area (Å²) in [7, 11) is -1.93. The first kappa shape index (κ1) is 19.4. The lowest BCUT2D eigenvalue weighted by Gasteiger charge is -2.28. The van der Waals surface area contributed by atoms with E-state index in [1.165, 1.54) is 21.5 Å². The van der Waals surface area contributed by atoms with Crippen LogP contribution in [-0.4, -0.2) is 0 Å². The molecule has 0 saturated carbocycles. The summed E-state index contributed by atoms with van der Waals surface area (Å²) in [6.07, 6.45) is 0.878. The Balaban J connectivity index is 2.02. The number of halogens is 2. The van der Waals surface area contributed by atoms with Gasteiger partial charge in [-0.1, -0.05) is 78.3 Å². The van der Waals surface area contributed by atoms with E-state index in [1.807, 2.05) is 6.07 Å². The third-order valence-electron chi connectivity index (χ3n) is 5.03. The predicted octanol–water partition coefficient (Wildman–Crippen LogP) is 6.60. The fourth-order valence-electron chi connectivity index (χ4n) is 3.69. The van der Waals surface area contributed by atoms with Crippen LogP contribution >= 0.6 is 34.8 Å². The molecule has 138 valence electrons. The van der Waals surface area contributed by atoms with E-state index in [9.17, 15) is 0 Å². The largest absolute Gasteiger partial charge is 0.116 e. The molecule has 0 saturated heterocycles. The average molecular weight is 467 g/mol. The Morgan fingerprint density at radius 1 is 0.571 bits per heavy atom. The normalized spacial score (nSPS) is 11.4. The van der Waals surface area contributed by atoms with Crippen molar-refractivity contribution in [2.24, 2.45) is 0 Å². The molecule has 0 aromatic heterocycles. The Kier molecular flexibility index (Phi) is 5.97. The number of rotatable bonds is 5. The van der Waals surface area contributed by atoms with Crippen LogP contribution in [0.25, 0.3) is 0 Å². The summed E-state index contributed by atoms with van der Waals surface area (Å²) in [5.74, 6) is 0. The van der Waals surface area contributed by atoms with Gasteiger partial charge in [0.1, 0.15) is 23.2 Å². The van der Waals surface area contributed by atoms with Crippen LogP contribution in [0.3, 0.4) is 0 Å². The topological polar surface area (TPSA) is 0 Å². The van der Waals surface area contributed by atoms with Crippen LogP contribution in [-0.2, 0) is 6.16 Å². The molecule has 4 aromatic rings. The molecule has 0 radical (unpaired) electrons. The fourth-order valence-corrected chi connectivity index (χ4v) is 8.65. The fraction of sp³-hybridized carbons (Fsp3) is 0.0400. The Hall–Kier alpha value is -1.92. The van der Waals surface area contributed by atoms with Gasteiger partial charge in [-0.25, -0.2) is 0 Å². The van der Waals surface area contributed by atoms with E-state index >= 15 is 0 Å². The zero-order chi connectivity index (χ0) is 19.4. The van der Waals surface area contributed by atoms with Gasteiger partial charge in [0, 0.05) is 10.0 Å². The molecular formula is C25H20BrClP+. The highest BCUT2D eigenvalue weighted by Crippen LogP contribution is 2.58. The van der Waals surface area contributed by atoms with Crippen molar-refractivity contribution in [3.63, 3.8) is 0 Å². The summed E-state index contributed by atoms with van der Waals surface area (Å²) in [4.78, 5) is 0. The molecule has 0 heterocycles. The van der Waals surface area contributed by atoms with Crippen LogP contribution in [0.1, 0.15) is 5.56 Å². The van der Waals surface area contributed by atoms with E-state index in [1.54, 1.807) is 0 Å². The molecule has 0 bridgehead atoms. The lowest BCUT2D eigenvalue weighted by atomic mass is 10.2. The van der Waals surface area contributed by atoms with Crippen molar-refractivity contribution in [1.29, 1.82) is 0 Å². The van der Waals surface area contributed by atoms with Gasteiger partial charge in [0.05, 0.1) is 11.2 Å². The maximum Gasteiger partial charge on any atom is 0.116 e. The van der Waals surface area contributed by atoms with Gasteiger partial charge in [0.2, 0.25) is 0 Å². The standard InChI is InChI=1S/C25H20BrClP/c26-24-18-10-11-20(25(24)27)19-28(21-12-4-1-5-13-21,22-14-6-2-7-15-22)23-16-8-3-9-17-23/h1-18H,19H2/q+1. The number of benzene rings is 4. The summed E-state index contributed by atoms with van der Waals surface area (Å²) in [6, 6.07) is 38.9. The van der Waals surface area contributed by atoms with E-state index in [4.69, 9.17) is 11.6 Å². The third-order valence-corrected chi connectivity index (χ3v) is 10.7. The quantitative estimate of drug-likeness (QED) is 0.291. The minimum Gasteiger partial charge on any atom is -0.0827 e. The second-order valence-electron chi connectivity index (χ2n) is 6.69.